The molecule has 0 amide bonds. The van der Waals surface area contributed by atoms with Gasteiger partial charge in [-0.2, -0.15) is 0 Å². The first-order valence-electron chi connectivity index (χ1n) is 5.60. The van der Waals surface area contributed by atoms with E-state index in [1.165, 1.54) is 18.4 Å². The van der Waals surface area contributed by atoms with Crippen LogP contribution >= 0.6 is 0 Å². The average molecular weight is 204 g/mol. The highest BCUT2D eigenvalue weighted by Gasteiger charge is 2.14. The van der Waals surface area contributed by atoms with Gasteiger partial charge in [-0.25, -0.2) is 0 Å². The zero-order valence-corrected chi connectivity index (χ0v) is 10.1. The maximum atomic E-state index is 4.26. The predicted octanol–water partition coefficient (Wildman–Crippen LogP) is 3.06. The third-order valence-electron chi connectivity index (χ3n) is 2.94. The van der Waals surface area contributed by atoms with Gasteiger partial charge in [0, 0.05) is 14.1 Å². The molecular formula is C13H20N2. The van der Waals surface area contributed by atoms with Crippen molar-refractivity contribution in [2.75, 3.05) is 14.1 Å². The fourth-order valence-electron chi connectivity index (χ4n) is 1.92. The van der Waals surface area contributed by atoms with E-state index in [1.807, 2.05) is 7.05 Å². The smallest absolute Gasteiger partial charge is 0.0825 e. The number of hydrogen-bond acceptors (Lipinski definition) is 2. The van der Waals surface area contributed by atoms with E-state index in [0.717, 1.165) is 11.4 Å². The molecule has 15 heavy (non-hydrogen) atoms. The Labute approximate surface area is 92.5 Å². The van der Waals surface area contributed by atoms with Gasteiger partial charge >= 0.3 is 0 Å². The minimum atomic E-state index is 0.649. The SMILES string of the molecule is CCC(CC)C1=CC(=N/C)/C(=N\C)C=C1. The molecule has 0 fully saturated rings. The van der Waals surface area contributed by atoms with E-state index in [2.05, 4.69) is 42.1 Å². The molecule has 1 aliphatic rings. The number of allylic oxidation sites excluding steroid dienone is 4. The van der Waals surface area contributed by atoms with E-state index < -0.39 is 0 Å². The van der Waals surface area contributed by atoms with Gasteiger partial charge in [-0.05, 0) is 36.5 Å². The molecule has 1 rings (SSSR count). The molecule has 0 heterocycles. The lowest BCUT2D eigenvalue weighted by Crippen LogP contribution is -2.15. The van der Waals surface area contributed by atoms with Crippen molar-refractivity contribution in [3.8, 4) is 0 Å². The second-order valence-electron chi connectivity index (χ2n) is 3.71. The highest BCUT2D eigenvalue weighted by atomic mass is 14.8. The van der Waals surface area contributed by atoms with Crippen LogP contribution in [0.1, 0.15) is 26.7 Å². The summed E-state index contributed by atoms with van der Waals surface area (Å²) in [4.78, 5) is 8.46. The summed E-state index contributed by atoms with van der Waals surface area (Å²) in [5.74, 6) is 0.649. The molecule has 82 valence electrons. The van der Waals surface area contributed by atoms with Crippen molar-refractivity contribution in [1.29, 1.82) is 0 Å². The van der Waals surface area contributed by atoms with Gasteiger partial charge in [0.25, 0.3) is 0 Å². The highest BCUT2D eigenvalue weighted by molar-refractivity contribution is 6.51. The van der Waals surface area contributed by atoms with Crippen LogP contribution in [-0.2, 0) is 0 Å². The monoisotopic (exact) mass is 204 g/mol. The largest absolute Gasteiger partial charge is 0.286 e. The number of nitrogens with zero attached hydrogens (tertiary/aromatic N) is 2. The lowest BCUT2D eigenvalue weighted by molar-refractivity contribution is 0.584. The summed E-state index contributed by atoms with van der Waals surface area (Å²) in [7, 11) is 3.63. The lowest BCUT2D eigenvalue weighted by atomic mass is 9.89. The molecule has 0 aliphatic heterocycles. The van der Waals surface area contributed by atoms with Crippen molar-refractivity contribution in [3.05, 3.63) is 23.8 Å². The number of hydrogen-bond donors (Lipinski definition) is 0. The van der Waals surface area contributed by atoms with E-state index in [-0.39, 0.29) is 0 Å². The van der Waals surface area contributed by atoms with Crippen LogP contribution in [0.25, 0.3) is 0 Å². The summed E-state index contributed by atoms with van der Waals surface area (Å²) >= 11 is 0. The number of aliphatic imine (C=N–C) groups is 2. The summed E-state index contributed by atoms with van der Waals surface area (Å²) in [5, 5.41) is 0. The molecule has 0 spiro atoms. The summed E-state index contributed by atoms with van der Waals surface area (Å²) in [6.07, 6.45) is 8.77. The molecule has 0 aromatic carbocycles. The van der Waals surface area contributed by atoms with Crippen LogP contribution in [0.2, 0.25) is 0 Å². The average Bonchev–Trinajstić information content (AvgIpc) is 2.30. The maximum Gasteiger partial charge on any atom is 0.0825 e. The van der Waals surface area contributed by atoms with E-state index in [1.54, 1.807) is 7.05 Å². The first-order chi connectivity index (χ1) is 7.26. The Kier molecular flexibility index (Phi) is 4.47. The minimum absolute atomic E-state index is 0.649. The normalized spacial score (nSPS) is 21.5. The zero-order chi connectivity index (χ0) is 11.3. The molecule has 0 saturated heterocycles. The Morgan fingerprint density at radius 2 is 1.60 bits per heavy atom. The van der Waals surface area contributed by atoms with Crippen molar-refractivity contribution in [1.82, 2.24) is 0 Å². The Balaban J connectivity index is 2.97. The van der Waals surface area contributed by atoms with Gasteiger partial charge in [0.15, 0.2) is 0 Å². The summed E-state index contributed by atoms with van der Waals surface area (Å²) in [6.45, 7) is 4.46. The van der Waals surface area contributed by atoms with Crippen molar-refractivity contribution >= 4 is 11.4 Å². The second kappa shape index (κ2) is 5.64. The number of rotatable bonds is 3. The van der Waals surface area contributed by atoms with Crippen LogP contribution in [0.4, 0.5) is 0 Å². The third-order valence-corrected chi connectivity index (χ3v) is 2.94. The molecule has 0 saturated carbocycles. The van der Waals surface area contributed by atoms with Gasteiger partial charge in [-0.3, -0.25) is 9.98 Å². The van der Waals surface area contributed by atoms with Gasteiger partial charge in [0.2, 0.25) is 0 Å². The molecule has 0 radical (unpaired) electrons. The maximum absolute atomic E-state index is 4.26. The molecule has 2 nitrogen and oxygen atoms in total. The zero-order valence-electron chi connectivity index (χ0n) is 10.1. The molecule has 0 aromatic heterocycles. The highest BCUT2D eigenvalue weighted by Crippen LogP contribution is 2.22. The van der Waals surface area contributed by atoms with Gasteiger partial charge in [-0.1, -0.05) is 19.9 Å². The Morgan fingerprint density at radius 1 is 1.00 bits per heavy atom. The van der Waals surface area contributed by atoms with E-state index in [0.29, 0.717) is 5.92 Å². The Morgan fingerprint density at radius 3 is 2.07 bits per heavy atom. The molecule has 1 aliphatic carbocycles. The molecule has 0 atom stereocenters. The quantitative estimate of drug-likeness (QED) is 0.631. The molecule has 0 bridgehead atoms. The Bertz CT molecular complexity index is 328. The summed E-state index contributed by atoms with van der Waals surface area (Å²) < 4.78 is 0. The van der Waals surface area contributed by atoms with Crippen LogP contribution in [-0.4, -0.2) is 25.5 Å². The molecule has 0 aromatic rings. The fourth-order valence-corrected chi connectivity index (χ4v) is 1.92. The van der Waals surface area contributed by atoms with Crippen LogP contribution in [0.3, 0.4) is 0 Å². The van der Waals surface area contributed by atoms with Crippen LogP contribution in [0.15, 0.2) is 33.8 Å². The lowest BCUT2D eigenvalue weighted by Gasteiger charge is -2.17. The van der Waals surface area contributed by atoms with E-state index in [4.69, 9.17) is 0 Å². The third kappa shape index (κ3) is 2.65. The first-order valence-corrected chi connectivity index (χ1v) is 5.60. The standard InChI is InChI=1S/C13H20N2/c1-5-10(6-2)11-7-8-12(14-3)13(9-11)15-4/h7-10H,5-6H2,1-4H3/b14-12-,15-13-. The van der Waals surface area contributed by atoms with Gasteiger partial charge in [0.1, 0.15) is 0 Å². The van der Waals surface area contributed by atoms with Crippen molar-refractivity contribution in [2.24, 2.45) is 15.9 Å². The Hall–Kier alpha value is -1.18. The molecule has 0 unspecified atom stereocenters. The van der Waals surface area contributed by atoms with Gasteiger partial charge in [0.05, 0.1) is 11.4 Å². The minimum Gasteiger partial charge on any atom is -0.286 e. The van der Waals surface area contributed by atoms with E-state index >= 15 is 0 Å². The topological polar surface area (TPSA) is 24.7 Å². The van der Waals surface area contributed by atoms with Crippen LogP contribution in [0.5, 0.6) is 0 Å². The summed E-state index contributed by atoms with van der Waals surface area (Å²) in [6, 6.07) is 0. The summed E-state index contributed by atoms with van der Waals surface area (Å²) in [5.41, 5.74) is 3.36. The molecule has 2 heteroatoms. The van der Waals surface area contributed by atoms with E-state index in [9.17, 15) is 0 Å². The first kappa shape index (κ1) is 11.9. The van der Waals surface area contributed by atoms with Crippen LogP contribution < -0.4 is 0 Å². The molecule has 0 N–H and O–H groups in total. The fraction of sp³-hybridized carbons (Fsp3) is 0.538. The second-order valence-corrected chi connectivity index (χ2v) is 3.71. The van der Waals surface area contributed by atoms with Crippen molar-refractivity contribution in [3.63, 3.8) is 0 Å². The van der Waals surface area contributed by atoms with Crippen LogP contribution in [0, 0.1) is 5.92 Å². The van der Waals surface area contributed by atoms with Gasteiger partial charge in [-0.15, -0.1) is 0 Å². The van der Waals surface area contributed by atoms with Crippen molar-refractivity contribution < 1.29 is 0 Å². The van der Waals surface area contributed by atoms with Gasteiger partial charge < -0.3 is 0 Å². The van der Waals surface area contributed by atoms with Crippen molar-refractivity contribution in [2.45, 2.75) is 26.7 Å². The molecular weight excluding hydrogens is 184 g/mol. The predicted molar refractivity (Wildman–Crippen MR) is 68.0 cm³/mol.